The van der Waals surface area contributed by atoms with Gasteiger partial charge < -0.3 is 20.5 Å². The molecule has 94 valence electrons. The van der Waals surface area contributed by atoms with Crippen molar-refractivity contribution in [3.8, 4) is 0 Å². The van der Waals surface area contributed by atoms with Gasteiger partial charge in [-0.25, -0.2) is 4.39 Å². The molecule has 2 rings (SSSR count). The number of nitrogens with two attached hydrogens (primary N) is 1. The molecule has 1 aliphatic rings. The molecule has 1 aromatic rings. The highest BCUT2D eigenvalue weighted by molar-refractivity contribution is 5.68. The Bertz CT molecular complexity index is 400. The first-order valence-corrected chi connectivity index (χ1v) is 5.66. The zero-order valence-corrected chi connectivity index (χ0v) is 9.77. The molecule has 0 aromatic heterocycles. The van der Waals surface area contributed by atoms with E-state index in [1.54, 1.807) is 12.1 Å². The third-order valence-electron chi connectivity index (χ3n) is 3.05. The van der Waals surface area contributed by atoms with Crippen LogP contribution < -0.4 is 10.6 Å². The molecule has 1 aliphatic heterocycles. The van der Waals surface area contributed by atoms with Crippen molar-refractivity contribution in [1.82, 2.24) is 0 Å². The van der Waals surface area contributed by atoms with Crippen LogP contribution in [0, 0.1) is 5.82 Å². The minimum absolute atomic E-state index is 0.0432. The number of anilines is 2. The maximum Gasteiger partial charge on any atom is 0.148 e. The van der Waals surface area contributed by atoms with E-state index in [0.717, 1.165) is 0 Å². The summed E-state index contributed by atoms with van der Waals surface area (Å²) in [5, 5.41) is 9.11. The highest BCUT2D eigenvalue weighted by Crippen LogP contribution is 2.29. The third-order valence-corrected chi connectivity index (χ3v) is 3.05. The predicted octanol–water partition coefficient (Wildman–Crippen LogP) is 0.994. The van der Waals surface area contributed by atoms with E-state index in [-0.39, 0.29) is 24.4 Å². The number of nitrogen functional groups attached to an aromatic ring is 1. The lowest BCUT2D eigenvalue weighted by atomic mass is 10.1. The van der Waals surface area contributed by atoms with Gasteiger partial charge in [0.1, 0.15) is 5.82 Å². The van der Waals surface area contributed by atoms with Gasteiger partial charge >= 0.3 is 0 Å². The van der Waals surface area contributed by atoms with Crippen LogP contribution in [0.4, 0.5) is 15.8 Å². The van der Waals surface area contributed by atoms with Gasteiger partial charge in [-0.1, -0.05) is 6.07 Å². The van der Waals surface area contributed by atoms with E-state index in [0.29, 0.717) is 18.8 Å². The number of para-hydroxylation sites is 1. The van der Waals surface area contributed by atoms with Crippen molar-refractivity contribution < 1.29 is 14.2 Å². The Morgan fingerprint density at radius 1 is 1.59 bits per heavy atom. The Labute approximate surface area is 99.8 Å². The molecule has 0 aliphatic carbocycles. The van der Waals surface area contributed by atoms with Crippen LogP contribution in [0.1, 0.15) is 6.92 Å². The Morgan fingerprint density at radius 3 is 3.06 bits per heavy atom. The van der Waals surface area contributed by atoms with Gasteiger partial charge in [0.25, 0.3) is 0 Å². The molecule has 0 spiro atoms. The fraction of sp³-hybridized carbons (Fsp3) is 0.500. The molecular formula is C12H17FN2O2. The maximum absolute atomic E-state index is 13.4. The first-order valence-electron chi connectivity index (χ1n) is 5.66. The maximum atomic E-state index is 13.4. The van der Waals surface area contributed by atoms with Gasteiger partial charge in [0, 0.05) is 12.6 Å². The first-order chi connectivity index (χ1) is 8.13. The fourth-order valence-electron chi connectivity index (χ4n) is 2.04. The number of halogens is 1. The van der Waals surface area contributed by atoms with Gasteiger partial charge in [-0.2, -0.15) is 0 Å². The Morgan fingerprint density at radius 2 is 2.35 bits per heavy atom. The number of morpholine rings is 1. The minimum Gasteiger partial charge on any atom is -0.395 e. The van der Waals surface area contributed by atoms with Crippen LogP contribution >= 0.6 is 0 Å². The van der Waals surface area contributed by atoms with Crippen LogP contribution in [0.25, 0.3) is 0 Å². The van der Waals surface area contributed by atoms with Crippen molar-refractivity contribution in [3.63, 3.8) is 0 Å². The second kappa shape index (κ2) is 4.89. The first kappa shape index (κ1) is 12.1. The van der Waals surface area contributed by atoms with Crippen LogP contribution in [0.2, 0.25) is 0 Å². The lowest BCUT2D eigenvalue weighted by molar-refractivity contribution is -0.0103. The highest BCUT2D eigenvalue weighted by atomic mass is 19.1. The predicted molar refractivity (Wildman–Crippen MR) is 64.4 cm³/mol. The topological polar surface area (TPSA) is 58.7 Å². The quantitative estimate of drug-likeness (QED) is 0.757. The van der Waals surface area contributed by atoms with Crippen molar-refractivity contribution in [2.24, 2.45) is 0 Å². The smallest absolute Gasteiger partial charge is 0.148 e. The second-order valence-corrected chi connectivity index (χ2v) is 4.31. The molecule has 1 aromatic carbocycles. The summed E-state index contributed by atoms with van der Waals surface area (Å²) in [4.78, 5) is 1.98. The summed E-state index contributed by atoms with van der Waals surface area (Å²) in [7, 11) is 0. The van der Waals surface area contributed by atoms with Crippen molar-refractivity contribution in [2.45, 2.75) is 19.1 Å². The van der Waals surface area contributed by atoms with Gasteiger partial charge in [-0.3, -0.25) is 0 Å². The number of rotatable bonds is 2. The average Bonchev–Trinajstić information content (AvgIpc) is 2.34. The zero-order chi connectivity index (χ0) is 12.4. The number of nitrogens with zero attached hydrogens (tertiary/aromatic N) is 1. The lowest BCUT2D eigenvalue weighted by Crippen LogP contribution is -2.49. The summed E-state index contributed by atoms with van der Waals surface area (Å²) in [6.07, 6.45) is -0.242. The monoisotopic (exact) mass is 240 g/mol. The fourth-order valence-corrected chi connectivity index (χ4v) is 2.04. The lowest BCUT2D eigenvalue weighted by Gasteiger charge is -2.39. The molecule has 17 heavy (non-hydrogen) atoms. The Hall–Kier alpha value is -1.33. The van der Waals surface area contributed by atoms with Crippen LogP contribution in [0.15, 0.2) is 18.2 Å². The van der Waals surface area contributed by atoms with Crippen molar-refractivity contribution in [2.75, 3.05) is 30.4 Å². The van der Waals surface area contributed by atoms with E-state index in [4.69, 9.17) is 15.6 Å². The van der Waals surface area contributed by atoms with Crippen molar-refractivity contribution in [1.29, 1.82) is 0 Å². The number of hydrogen-bond donors (Lipinski definition) is 2. The summed E-state index contributed by atoms with van der Waals surface area (Å²) in [5.74, 6) is -0.415. The number of hydrogen-bond acceptors (Lipinski definition) is 4. The normalized spacial score (nSPS) is 25.0. The summed E-state index contributed by atoms with van der Waals surface area (Å²) in [6.45, 7) is 2.96. The molecule has 2 unspecified atom stereocenters. The SMILES string of the molecule is CC1COC(CO)CN1c1cccc(F)c1N. The summed E-state index contributed by atoms with van der Waals surface area (Å²) in [5.41, 5.74) is 6.56. The molecule has 5 heteroatoms. The zero-order valence-electron chi connectivity index (χ0n) is 9.77. The minimum atomic E-state index is -0.415. The average molecular weight is 240 g/mol. The van der Waals surface area contributed by atoms with E-state index in [1.807, 2.05) is 11.8 Å². The van der Waals surface area contributed by atoms with E-state index in [2.05, 4.69) is 0 Å². The van der Waals surface area contributed by atoms with E-state index < -0.39 is 5.82 Å². The molecule has 1 heterocycles. The molecule has 0 radical (unpaired) electrons. The van der Waals surface area contributed by atoms with Gasteiger partial charge in [0.2, 0.25) is 0 Å². The number of aliphatic hydroxyl groups is 1. The summed E-state index contributed by atoms with van der Waals surface area (Å²) < 4.78 is 18.8. The Kier molecular flexibility index (Phi) is 3.49. The standard InChI is InChI=1S/C12H17FN2O2/c1-8-7-17-9(6-16)5-15(8)11-4-2-3-10(13)12(11)14/h2-4,8-9,16H,5-7,14H2,1H3. The van der Waals surface area contributed by atoms with Crippen LogP contribution in [0.5, 0.6) is 0 Å². The summed E-state index contributed by atoms with van der Waals surface area (Å²) in [6, 6.07) is 4.88. The molecule has 0 amide bonds. The van der Waals surface area contributed by atoms with E-state index >= 15 is 0 Å². The molecule has 0 saturated carbocycles. The molecule has 3 N–H and O–H groups in total. The van der Waals surface area contributed by atoms with Gasteiger partial charge in [0.15, 0.2) is 0 Å². The molecule has 2 atom stereocenters. The molecule has 4 nitrogen and oxygen atoms in total. The van der Waals surface area contributed by atoms with Crippen LogP contribution in [-0.4, -0.2) is 37.0 Å². The molecule has 1 saturated heterocycles. The number of ether oxygens (including phenoxy) is 1. The largest absolute Gasteiger partial charge is 0.395 e. The van der Waals surface area contributed by atoms with Crippen LogP contribution in [0.3, 0.4) is 0 Å². The second-order valence-electron chi connectivity index (χ2n) is 4.31. The third kappa shape index (κ3) is 2.35. The number of aliphatic hydroxyl groups excluding tert-OH is 1. The van der Waals surface area contributed by atoms with E-state index in [9.17, 15) is 4.39 Å². The van der Waals surface area contributed by atoms with Gasteiger partial charge in [-0.15, -0.1) is 0 Å². The van der Waals surface area contributed by atoms with Crippen molar-refractivity contribution in [3.05, 3.63) is 24.0 Å². The van der Waals surface area contributed by atoms with Gasteiger partial charge in [0.05, 0.1) is 30.7 Å². The highest BCUT2D eigenvalue weighted by Gasteiger charge is 2.27. The van der Waals surface area contributed by atoms with E-state index in [1.165, 1.54) is 6.07 Å². The summed E-state index contributed by atoms with van der Waals surface area (Å²) >= 11 is 0. The van der Waals surface area contributed by atoms with Crippen molar-refractivity contribution >= 4 is 11.4 Å². The Balaban J connectivity index is 2.27. The number of benzene rings is 1. The van der Waals surface area contributed by atoms with Crippen LogP contribution in [-0.2, 0) is 4.74 Å². The molecule has 1 fully saturated rings. The van der Waals surface area contributed by atoms with Gasteiger partial charge in [-0.05, 0) is 19.1 Å². The molecule has 0 bridgehead atoms. The molecular weight excluding hydrogens is 223 g/mol.